The smallest absolute Gasteiger partial charge is 0.308 e. The molecular formula is C15H25NO3. The molecule has 1 saturated carbocycles. The number of hydrogen-bond acceptors (Lipinski definition) is 2. The van der Waals surface area contributed by atoms with E-state index in [9.17, 15) is 9.59 Å². The Morgan fingerprint density at radius 2 is 1.58 bits per heavy atom. The molecule has 19 heavy (non-hydrogen) atoms. The quantitative estimate of drug-likeness (QED) is 0.836. The molecule has 1 aliphatic carbocycles. The van der Waals surface area contributed by atoms with Crippen molar-refractivity contribution < 1.29 is 14.7 Å². The first-order valence-electron chi connectivity index (χ1n) is 7.64. The van der Waals surface area contributed by atoms with Gasteiger partial charge in [-0.3, -0.25) is 9.59 Å². The Bertz CT molecular complexity index is 334. The second-order valence-electron chi connectivity index (χ2n) is 6.05. The lowest BCUT2D eigenvalue weighted by atomic mass is 9.90. The Hall–Kier alpha value is -1.06. The minimum absolute atomic E-state index is 0.135. The summed E-state index contributed by atoms with van der Waals surface area (Å²) in [5.74, 6) is -0.800. The standard InChI is InChI=1S/C15H25NO3/c1-11-13(15(18)19)9-10-16(11)14(17)12-7-5-3-2-4-6-8-12/h11-13H,2-10H2,1H3,(H,18,19). The molecule has 2 aliphatic rings. The lowest BCUT2D eigenvalue weighted by Crippen LogP contribution is -2.41. The number of rotatable bonds is 2. The number of carboxylic acid groups (broad SMARTS) is 1. The molecule has 1 amide bonds. The predicted molar refractivity (Wildman–Crippen MR) is 72.7 cm³/mol. The molecule has 0 aromatic carbocycles. The van der Waals surface area contributed by atoms with Gasteiger partial charge in [0.1, 0.15) is 0 Å². The van der Waals surface area contributed by atoms with Crippen molar-refractivity contribution in [2.75, 3.05) is 6.54 Å². The average Bonchev–Trinajstić information content (AvgIpc) is 2.70. The number of carbonyl (C=O) groups is 2. The normalized spacial score (nSPS) is 29.8. The van der Waals surface area contributed by atoms with Gasteiger partial charge in [0.25, 0.3) is 0 Å². The number of amides is 1. The maximum atomic E-state index is 12.6. The Kier molecular flexibility index (Phi) is 4.83. The number of hydrogen-bond donors (Lipinski definition) is 1. The molecular weight excluding hydrogens is 242 g/mol. The fourth-order valence-electron chi connectivity index (χ4n) is 3.52. The summed E-state index contributed by atoms with van der Waals surface area (Å²) in [6.07, 6.45) is 8.62. The lowest BCUT2D eigenvalue weighted by molar-refractivity contribution is -0.143. The third kappa shape index (κ3) is 3.28. The van der Waals surface area contributed by atoms with Crippen molar-refractivity contribution in [3.63, 3.8) is 0 Å². The van der Waals surface area contributed by atoms with Crippen molar-refractivity contribution in [1.82, 2.24) is 4.90 Å². The molecule has 2 atom stereocenters. The van der Waals surface area contributed by atoms with Crippen molar-refractivity contribution in [2.24, 2.45) is 11.8 Å². The minimum atomic E-state index is -0.763. The van der Waals surface area contributed by atoms with Crippen LogP contribution in [0.5, 0.6) is 0 Å². The molecule has 0 radical (unpaired) electrons. The molecule has 0 bridgehead atoms. The Balaban J connectivity index is 1.96. The van der Waals surface area contributed by atoms with Crippen LogP contribution in [0.4, 0.5) is 0 Å². The van der Waals surface area contributed by atoms with E-state index in [0.29, 0.717) is 13.0 Å². The average molecular weight is 267 g/mol. The topological polar surface area (TPSA) is 57.6 Å². The van der Waals surface area contributed by atoms with E-state index in [-0.39, 0.29) is 23.8 Å². The highest BCUT2D eigenvalue weighted by Gasteiger charge is 2.39. The van der Waals surface area contributed by atoms with Gasteiger partial charge in [-0.2, -0.15) is 0 Å². The van der Waals surface area contributed by atoms with E-state index in [4.69, 9.17) is 5.11 Å². The molecule has 1 aliphatic heterocycles. The van der Waals surface area contributed by atoms with Crippen LogP contribution in [0.15, 0.2) is 0 Å². The van der Waals surface area contributed by atoms with E-state index >= 15 is 0 Å². The fourth-order valence-corrected chi connectivity index (χ4v) is 3.52. The maximum absolute atomic E-state index is 12.6. The van der Waals surface area contributed by atoms with Gasteiger partial charge in [-0.15, -0.1) is 0 Å². The zero-order chi connectivity index (χ0) is 13.8. The van der Waals surface area contributed by atoms with Gasteiger partial charge in [-0.25, -0.2) is 0 Å². The highest BCUT2D eigenvalue weighted by Crippen LogP contribution is 2.30. The highest BCUT2D eigenvalue weighted by molar-refractivity contribution is 5.81. The molecule has 4 nitrogen and oxygen atoms in total. The van der Waals surface area contributed by atoms with Gasteiger partial charge in [0.15, 0.2) is 0 Å². The Morgan fingerprint density at radius 1 is 1.00 bits per heavy atom. The molecule has 2 rings (SSSR count). The number of carbonyl (C=O) groups excluding carboxylic acids is 1. The van der Waals surface area contributed by atoms with E-state index < -0.39 is 5.97 Å². The molecule has 108 valence electrons. The number of likely N-dealkylation sites (tertiary alicyclic amines) is 1. The molecule has 1 heterocycles. The van der Waals surface area contributed by atoms with Crippen molar-refractivity contribution >= 4 is 11.9 Å². The van der Waals surface area contributed by atoms with Crippen LogP contribution in [0.25, 0.3) is 0 Å². The summed E-state index contributed by atoms with van der Waals surface area (Å²) in [6, 6.07) is -0.143. The third-order valence-corrected chi connectivity index (χ3v) is 4.81. The van der Waals surface area contributed by atoms with Crippen LogP contribution < -0.4 is 0 Å². The summed E-state index contributed by atoms with van der Waals surface area (Å²) in [7, 11) is 0. The van der Waals surface area contributed by atoms with Crippen LogP contribution in [-0.2, 0) is 9.59 Å². The van der Waals surface area contributed by atoms with Gasteiger partial charge in [-0.1, -0.05) is 32.1 Å². The SMILES string of the molecule is CC1C(C(=O)O)CCN1C(=O)C1CCCCCCC1. The summed E-state index contributed by atoms with van der Waals surface area (Å²) in [4.78, 5) is 25.5. The zero-order valence-corrected chi connectivity index (χ0v) is 11.8. The molecule has 0 aromatic rings. The van der Waals surface area contributed by atoms with Crippen LogP contribution in [0, 0.1) is 11.8 Å². The molecule has 1 saturated heterocycles. The van der Waals surface area contributed by atoms with Gasteiger partial charge in [0, 0.05) is 18.5 Å². The number of nitrogens with zero attached hydrogens (tertiary/aromatic N) is 1. The summed E-state index contributed by atoms with van der Waals surface area (Å²) >= 11 is 0. The van der Waals surface area contributed by atoms with Crippen LogP contribution >= 0.6 is 0 Å². The first-order valence-corrected chi connectivity index (χ1v) is 7.64. The van der Waals surface area contributed by atoms with Gasteiger partial charge in [0.2, 0.25) is 5.91 Å². The lowest BCUT2D eigenvalue weighted by Gasteiger charge is -2.29. The maximum Gasteiger partial charge on any atom is 0.308 e. The molecule has 0 aromatic heterocycles. The van der Waals surface area contributed by atoms with Crippen molar-refractivity contribution in [2.45, 2.75) is 64.3 Å². The first-order chi connectivity index (χ1) is 9.11. The summed E-state index contributed by atoms with van der Waals surface area (Å²) in [5.41, 5.74) is 0. The van der Waals surface area contributed by atoms with Crippen LogP contribution in [-0.4, -0.2) is 34.5 Å². The predicted octanol–water partition coefficient (Wildman–Crippen LogP) is 2.67. The van der Waals surface area contributed by atoms with E-state index in [1.807, 2.05) is 11.8 Å². The Morgan fingerprint density at radius 3 is 2.11 bits per heavy atom. The van der Waals surface area contributed by atoms with Crippen LogP contribution in [0.2, 0.25) is 0 Å². The van der Waals surface area contributed by atoms with Crippen molar-refractivity contribution in [3.8, 4) is 0 Å². The molecule has 2 unspecified atom stereocenters. The second kappa shape index (κ2) is 6.40. The largest absolute Gasteiger partial charge is 0.481 e. The molecule has 2 fully saturated rings. The zero-order valence-electron chi connectivity index (χ0n) is 11.8. The first kappa shape index (κ1) is 14.4. The van der Waals surface area contributed by atoms with Crippen LogP contribution in [0.1, 0.15) is 58.3 Å². The van der Waals surface area contributed by atoms with Gasteiger partial charge >= 0.3 is 5.97 Å². The Labute approximate surface area is 115 Å². The fraction of sp³-hybridized carbons (Fsp3) is 0.867. The number of aliphatic carboxylic acids is 1. The summed E-state index contributed by atoms with van der Waals surface area (Å²) in [6.45, 7) is 2.50. The third-order valence-electron chi connectivity index (χ3n) is 4.81. The molecule has 1 N–H and O–H groups in total. The van der Waals surface area contributed by atoms with E-state index in [0.717, 1.165) is 25.7 Å². The van der Waals surface area contributed by atoms with Gasteiger partial charge in [-0.05, 0) is 26.2 Å². The van der Waals surface area contributed by atoms with E-state index in [1.165, 1.54) is 19.3 Å². The van der Waals surface area contributed by atoms with E-state index in [2.05, 4.69) is 0 Å². The van der Waals surface area contributed by atoms with E-state index in [1.54, 1.807) is 0 Å². The van der Waals surface area contributed by atoms with Gasteiger partial charge in [0.05, 0.1) is 5.92 Å². The molecule has 0 spiro atoms. The van der Waals surface area contributed by atoms with Crippen molar-refractivity contribution in [1.29, 1.82) is 0 Å². The monoisotopic (exact) mass is 267 g/mol. The van der Waals surface area contributed by atoms with Gasteiger partial charge < -0.3 is 10.0 Å². The van der Waals surface area contributed by atoms with Crippen molar-refractivity contribution in [3.05, 3.63) is 0 Å². The number of carboxylic acids is 1. The highest BCUT2D eigenvalue weighted by atomic mass is 16.4. The summed E-state index contributed by atoms with van der Waals surface area (Å²) < 4.78 is 0. The second-order valence-corrected chi connectivity index (χ2v) is 6.05. The van der Waals surface area contributed by atoms with Crippen LogP contribution in [0.3, 0.4) is 0 Å². The minimum Gasteiger partial charge on any atom is -0.481 e. The summed E-state index contributed by atoms with van der Waals surface area (Å²) in [5, 5.41) is 9.14. The molecule has 4 heteroatoms.